The highest BCUT2D eigenvalue weighted by Gasteiger charge is 2.35. The molecule has 0 spiro atoms. The molecule has 0 aromatic heterocycles. The second-order valence-corrected chi connectivity index (χ2v) is 5.46. The molecule has 1 unspecified atom stereocenters. The van der Waals surface area contributed by atoms with Crippen LogP contribution in [-0.4, -0.2) is 28.1 Å². The summed E-state index contributed by atoms with van der Waals surface area (Å²) in [6, 6.07) is -0.465. The lowest BCUT2D eigenvalue weighted by molar-refractivity contribution is -0.203. The van der Waals surface area contributed by atoms with E-state index >= 15 is 0 Å². The summed E-state index contributed by atoms with van der Waals surface area (Å²) in [5, 5.41) is 10.9. The monoisotopic (exact) mass is 187 g/mol. The van der Waals surface area contributed by atoms with Gasteiger partial charge in [0.05, 0.1) is 6.04 Å². The van der Waals surface area contributed by atoms with Crippen molar-refractivity contribution in [2.75, 3.05) is 0 Å². The van der Waals surface area contributed by atoms with Crippen LogP contribution < -0.4 is 0 Å². The quantitative estimate of drug-likeness (QED) is 0.531. The van der Waals surface area contributed by atoms with Crippen molar-refractivity contribution in [1.82, 2.24) is 5.06 Å². The fraction of sp³-hybridized carbons (Fsp3) is 0.900. The molecule has 0 aliphatic heterocycles. The predicted octanol–water partition coefficient (Wildman–Crippen LogP) is 2.09. The topological polar surface area (TPSA) is 40.5 Å². The predicted molar refractivity (Wildman–Crippen MR) is 52.7 cm³/mol. The molecule has 78 valence electrons. The van der Waals surface area contributed by atoms with Crippen LogP contribution in [0.25, 0.3) is 0 Å². The first-order valence-electron chi connectivity index (χ1n) is 4.54. The van der Waals surface area contributed by atoms with Gasteiger partial charge in [0.15, 0.2) is 0 Å². The number of carbonyl (C=O) groups excluding carboxylic acids is 1. The molecule has 3 heteroatoms. The van der Waals surface area contributed by atoms with Crippen molar-refractivity contribution in [3.63, 3.8) is 0 Å². The number of hydrogen-bond acceptors (Lipinski definition) is 3. The van der Waals surface area contributed by atoms with Crippen LogP contribution in [0.3, 0.4) is 0 Å². The molecule has 0 bridgehead atoms. The Labute approximate surface area is 80.7 Å². The largest absolute Gasteiger partial charge is 0.313 e. The molecule has 0 amide bonds. The van der Waals surface area contributed by atoms with E-state index in [1.165, 1.54) is 0 Å². The average molecular weight is 187 g/mol. The maximum Gasteiger partial charge on any atom is 0.140 e. The van der Waals surface area contributed by atoms with Crippen molar-refractivity contribution in [3.05, 3.63) is 0 Å². The van der Waals surface area contributed by atoms with Gasteiger partial charge < -0.3 is 10.0 Å². The van der Waals surface area contributed by atoms with Crippen molar-refractivity contribution >= 4 is 6.29 Å². The molecule has 13 heavy (non-hydrogen) atoms. The maximum absolute atomic E-state index is 10.8. The Morgan fingerprint density at radius 1 is 1.15 bits per heavy atom. The Morgan fingerprint density at radius 2 is 1.54 bits per heavy atom. The second-order valence-electron chi connectivity index (χ2n) is 5.46. The summed E-state index contributed by atoms with van der Waals surface area (Å²) in [6.07, 6.45) is 0.797. The number of aldehydes is 1. The van der Waals surface area contributed by atoms with Crippen molar-refractivity contribution in [3.8, 4) is 0 Å². The standard InChI is InChI=1S/C10H21NO2/c1-9(2,3)8(7-12)11(13)10(4,5)6/h7-8,13H,1-6H3. The maximum atomic E-state index is 10.8. The zero-order valence-corrected chi connectivity index (χ0v) is 9.46. The minimum Gasteiger partial charge on any atom is -0.313 e. The molecule has 0 saturated carbocycles. The molecule has 0 aliphatic carbocycles. The zero-order chi connectivity index (χ0) is 10.9. The number of rotatable bonds is 2. The molecule has 1 atom stereocenters. The van der Waals surface area contributed by atoms with Gasteiger partial charge in [0.25, 0.3) is 0 Å². The fourth-order valence-corrected chi connectivity index (χ4v) is 1.05. The molecule has 0 aromatic carbocycles. The van der Waals surface area contributed by atoms with Crippen LogP contribution in [0, 0.1) is 5.41 Å². The Hall–Kier alpha value is -0.410. The first-order valence-corrected chi connectivity index (χ1v) is 4.54. The molecule has 0 fully saturated rings. The number of carbonyl (C=O) groups is 1. The van der Waals surface area contributed by atoms with Gasteiger partial charge in [0.1, 0.15) is 6.29 Å². The fourth-order valence-electron chi connectivity index (χ4n) is 1.05. The Morgan fingerprint density at radius 3 is 1.62 bits per heavy atom. The summed E-state index contributed by atoms with van der Waals surface area (Å²) in [6.45, 7) is 11.4. The van der Waals surface area contributed by atoms with E-state index in [0.717, 1.165) is 11.3 Å². The number of hydroxylamine groups is 2. The van der Waals surface area contributed by atoms with E-state index in [1.807, 2.05) is 41.5 Å². The average Bonchev–Trinajstić information content (AvgIpc) is 1.83. The smallest absolute Gasteiger partial charge is 0.140 e. The zero-order valence-electron chi connectivity index (χ0n) is 9.46. The summed E-state index contributed by atoms with van der Waals surface area (Å²) in [7, 11) is 0. The molecule has 1 N–H and O–H groups in total. The molecular weight excluding hydrogens is 166 g/mol. The second kappa shape index (κ2) is 3.76. The van der Waals surface area contributed by atoms with E-state index in [-0.39, 0.29) is 5.41 Å². The van der Waals surface area contributed by atoms with Crippen LogP contribution in [-0.2, 0) is 4.79 Å². The van der Waals surface area contributed by atoms with Gasteiger partial charge in [-0.3, -0.25) is 0 Å². The van der Waals surface area contributed by atoms with Gasteiger partial charge >= 0.3 is 0 Å². The molecule has 0 rings (SSSR count). The lowest BCUT2D eigenvalue weighted by atomic mass is 9.85. The van der Waals surface area contributed by atoms with Crippen LogP contribution >= 0.6 is 0 Å². The van der Waals surface area contributed by atoms with Crippen LogP contribution in [0.5, 0.6) is 0 Å². The number of nitrogens with zero attached hydrogens (tertiary/aromatic N) is 1. The van der Waals surface area contributed by atoms with E-state index in [4.69, 9.17) is 0 Å². The first kappa shape index (κ1) is 12.6. The number of hydrogen-bond donors (Lipinski definition) is 1. The molecule has 0 heterocycles. The van der Waals surface area contributed by atoms with Crippen molar-refractivity contribution < 1.29 is 10.0 Å². The van der Waals surface area contributed by atoms with Crippen molar-refractivity contribution in [2.24, 2.45) is 5.41 Å². The summed E-state index contributed by atoms with van der Waals surface area (Å²) < 4.78 is 0. The normalized spacial score (nSPS) is 16.0. The van der Waals surface area contributed by atoms with E-state index < -0.39 is 11.6 Å². The molecule has 0 saturated heterocycles. The SMILES string of the molecule is CC(C)(C)C(C=O)N(O)C(C)(C)C. The Bertz CT molecular complexity index is 176. The van der Waals surface area contributed by atoms with Crippen LogP contribution in [0.2, 0.25) is 0 Å². The van der Waals surface area contributed by atoms with Crippen LogP contribution in [0.4, 0.5) is 0 Å². The van der Waals surface area contributed by atoms with Crippen molar-refractivity contribution in [1.29, 1.82) is 0 Å². The summed E-state index contributed by atoms with van der Waals surface area (Å²) >= 11 is 0. The summed E-state index contributed by atoms with van der Waals surface area (Å²) in [4.78, 5) is 10.8. The van der Waals surface area contributed by atoms with Crippen molar-refractivity contribution in [2.45, 2.75) is 53.1 Å². The third kappa shape index (κ3) is 3.44. The lowest BCUT2D eigenvalue weighted by Crippen LogP contribution is -2.52. The molecule has 0 aromatic rings. The van der Waals surface area contributed by atoms with E-state index in [9.17, 15) is 10.0 Å². The molecule has 3 nitrogen and oxygen atoms in total. The third-order valence-corrected chi connectivity index (χ3v) is 1.97. The Balaban J connectivity index is 4.71. The van der Waals surface area contributed by atoms with E-state index in [1.54, 1.807) is 0 Å². The van der Waals surface area contributed by atoms with Gasteiger partial charge in [-0.2, -0.15) is 5.06 Å². The summed E-state index contributed by atoms with van der Waals surface area (Å²) in [5.74, 6) is 0. The highest BCUT2D eigenvalue weighted by molar-refractivity contribution is 5.58. The summed E-state index contributed by atoms with van der Waals surface area (Å²) in [5.41, 5.74) is -0.650. The first-order chi connectivity index (χ1) is 5.60. The van der Waals surface area contributed by atoms with Gasteiger partial charge in [0.2, 0.25) is 0 Å². The highest BCUT2D eigenvalue weighted by Crippen LogP contribution is 2.26. The Kier molecular flexibility index (Phi) is 3.64. The third-order valence-electron chi connectivity index (χ3n) is 1.97. The van der Waals surface area contributed by atoms with Gasteiger partial charge in [-0.25, -0.2) is 0 Å². The van der Waals surface area contributed by atoms with E-state index in [0.29, 0.717) is 0 Å². The van der Waals surface area contributed by atoms with Gasteiger partial charge in [-0.1, -0.05) is 20.8 Å². The minimum atomic E-state index is -0.465. The van der Waals surface area contributed by atoms with Crippen LogP contribution in [0.15, 0.2) is 0 Å². The van der Waals surface area contributed by atoms with Crippen LogP contribution in [0.1, 0.15) is 41.5 Å². The lowest BCUT2D eigenvalue weighted by Gasteiger charge is -2.39. The van der Waals surface area contributed by atoms with Gasteiger partial charge in [-0.05, 0) is 26.2 Å². The van der Waals surface area contributed by atoms with Gasteiger partial charge in [0, 0.05) is 5.54 Å². The minimum absolute atomic E-state index is 0.246. The highest BCUT2D eigenvalue weighted by atomic mass is 16.5. The molecule has 0 aliphatic rings. The molecule has 0 radical (unpaired) electrons. The molecular formula is C10H21NO2. The van der Waals surface area contributed by atoms with Gasteiger partial charge in [-0.15, -0.1) is 0 Å². The van der Waals surface area contributed by atoms with E-state index in [2.05, 4.69) is 0 Å².